The van der Waals surface area contributed by atoms with Crippen LogP contribution in [0.25, 0.3) is 0 Å². The molecule has 0 aromatic heterocycles. The fourth-order valence-electron chi connectivity index (χ4n) is 1.51. The van der Waals surface area contributed by atoms with Crippen molar-refractivity contribution in [1.29, 1.82) is 0 Å². The molecule has 1 atom stereocenters. The van der Waals surface area contributed by atoms with E-state index in [-0.39, 0.29) is 6.61 Å². The van der Waals surface area contributed by atoms with Crippen molar-refractivity contribution in [1.82, 2.24) is 9.76 Å². The lowest BCUT2D eigenvalue weighted by Crippen LogP contribution is -2.37. The molecule has 1 unspecified atom stereocenters. The molecule has 0 amide bonds. The third-order valence-electron chi connectivity index (χ3n) is 2.33. The molecule has 6 nitrogen and oxygen atoms in total. The quantitative estimate of drug-likeness (QED) is 0.506. The van der Waals surface area contributed by atoms with Gasteiger partial charge in [-0.25, -0.2) is 9.76 Å². The lowest BCUT2D eigenvalue weighted by Gasteiger charge is -2.33. The second-order valence-corrected chi connectivity index (χ2v) is 5.67. The van der Waals surface area contributed by atoms with E-state index < -0.39 is 7.67 Å². The molecule has 1 heterocycles. The van der Waals surface area contributed by atoms with E-state index in [4.69, 9.17) is 14.4 Å². The Morgan fingerprint density at radius 2 is 2.38 bits per heavy atom. The van der Waals surface area contributed by atoms with Gasteiger partial charge in [0.1, 0.15) is 0 Å². The highest BCUT2D eigenvalue weighted by Crippen LogP contribution is 2.47. The Balaban J connectivity index is 2.49. The smallest absolute Gasteiger partial charge is 0.343 e. The van der Waals surface area contributed by atoms with Gasteiger partial charge in [0.25, 0.3) is 0 Å². The number of aliphatic hydroxyl groups excluding tert-OH is 1. The van der Waals surface area contributed by atoms with Crippen molar-refractivity contribution in [3.8, 4) is 0 Å². The van der Waals surface area contributed by atoms with E-state index in [0.717, 1.165) is 6.42 Å². The minimum Gasteiger partial charge on any atom is -0.395 e. The first-order valence-electron chi connectivity index (χ1n) is 5.66. The molecule has 1 aliphatic heterocycles. The van der Waals surface area contributed by atoms with E-state index in [1.165, 1.54) is 0 Å². The van der Waals surface area contributed by atoms with Gasteiger partial charge in [-0.2, -0.15) is 0 Å². The second kappa shape index (κ2) is 7.37. The molecule has 0 aromatic carbocycles. The monoisotopic (exact) mass is 252 g/mol. The summed E-state index contributed by atoms with van der Waals surface area (Å²) in [6.45, 7) is 5.01. The Labute approximate surface area is 96.5 Å². The standard InChI is InChI=1S/C9H21N2O4P/c1-2-14-9-6-11(5-7-12)16(13)10-4-3-8-15-16/h12H,2-9H2,1H3,(H,10,13). The average molecular weight is 252 g/mol. The third kappa shape index (κ3) is 4.13. The largest absolute Gasteiger partial charge is 0.395 e. The number of nitrogens with zero attached hydrogens (tertiary/aromatic N) is 1. The summed E-state index contributed by atoms with van der Waals surface area (Å²) in [5, 5.41) is 11.9. The summed E-state index contributed by atoms with van der Waals surface area (Å²) in [4.78, 5) is 0. The van der Waals surface area contributed by atoms with Gasteiger partial charge >= 0.3 is 7.67 Å². The zero-order chi connectivity index (χ0) is 11.9. The van der Waals surface area contributed by atoms with E-state index in [0.29, 0.717) is 39.5 Å². The van der Waals surface area contributed by atoms with E-state index in [2.05, 4.69) is 5.09 Å². The molecule has 0 aliphatic carbocycles. The fourth-order valence-corrected chi connectivity index (χ4v) is 3.48. The normalized spacial score (nSPS) is 26.2. The summed E-state index contributed by atoms with van der Waals surface area (Å²) < 4.78 is 24.5. The fraction of sp³-hybridized carbons (Fsp3) is 1.00. The molecule has 1 fully saturated rings. The Hall–Kier alpha value is 0.0300. The van der Waals surface area contributed by atoms with Crippen LogP contribution in [0.5, 0.6) is 0 Å². The van der Waals surface area contributed by atoms with E-state index in [9.17, 15) is 4.57 Å². The summed E-state index contributed by atoms with van der Waals surface area (Å²) >= 11 is 0. The van der Waals surface area contributed by atoms with Gasteiger partial charge in [0.15, 0.2) is 0 Å². The SMILES string of the molecule is CCOCCN(CCO)P1(=O)NCCCO1. The van der Waals surface area contributed by atoms with Crippen LogP contribution >= 0.6 is 7.67 Å². The van der Waals surface area contributed by atoms with Gasteiger partial charge in [-0.3, -0.25) is 4.57 Å². The molecule has 0 bridgehead atoms. The maximum atomic E-state index is 12.3. The Morgan fingerprint density at radius 1 is 1.56 bits per heavy atom. The van der Waals surface area contributed by atoms with Gasteiger partial charge in [0.05, 0.1) is 19.8 Å². The molecular formula is C9H21N2O4P. The topological polar surface area (TPSA) is 71.0 Å². The minimum absolute atomic E-state index is 0.0405. The summed E-state index contributed by atoms with van der Waals surface area (Å²) in [6, 6.07) is 0. The molecule has 0 aromatic rings. The van der Waals surface area contributed by atoms with Crippen molar-refractivity contribution >= 4 is 7.67 Å². The highest BCUT2D eigenvalue weighted by Gasteiger charge is 2.33. The number of rotatable bonds is 7. The molecule has 2 N–H and O–H groups in total. The minimum atomic E-state index is -2.94. The summed E-state index contributed by atoms with van der Waals surface area (Å²) in [5.41, 5.74) is 0. The molecule has 96 valence electrons. The molecule has 7 heteroatoms. The van der Waals surface area contributed by atoms with Crippen molar-refractivity contribution in [2.75, 3.05) is 46.1 Å². The zero-order valence-corrected chi connectivity index (χ0v) is 10.6. The first-order valence-corrected chi connectivity index (χ1v) is 7.24. The Bertz CT molecular complexity index is 230. The molecule has 0 saturated carbocycles. The van der Waals surface area contributed by atoms with Crippen molar-refractivity contribution < 1.29 is 18.9 Å². The predicted molar refractivity (Wildman–Crippen MR) is 61.3 cm³/mol. The molecule has 1 rings (SSSR count). The van der Waals surface area contributed by atoms with Crippen LogP contribution in [0, 0.1) is 0 Å². The van der Waals surface area contributed by atoms with Gasteiger partial charge in [-0.05, 0) is 13.3 Å². The summed E-state index contributed by atoms with van der Waals surface area (Å²) in [7, 11) is -2.94. The molecule has 1 aliphatic rings. The van der Waals surface area contributed by atoms with E-state index >= 15 is 0 Å². The van der Waals surface area contributed by atoms with Crippen LogP contribution in [0.3, 0.4) is 0 Å². The lowest BCUT2D eigenvalue weighted by molar-refractivity contribution is 0.119. The molecule has 0 spiro atoms. The van der Waals surface area contributed by atoms with Gasteiger partial charge in [0, 0.05) is 26.2 Å². The number of hydrogen-bond acceptors (Lipinski definition) is 4. The van der Waals surface area contributed by atoms with Crippen molar-refractivity contribution in [2.24, 2.45) is 0 Å². The maximum Gasteiger partial charge on any atom is 0.343 e. The first kappa shape index (κ1) is 14.1. The van der Waals surface area contributed by atoms with Gasteiger partial charge in [0.2, 0.25) is 0 Å². The Morgan fingerprint density at radius 3 is 2.94 bits per heavy atom. The molecule has 1 saturated heterocycles. The highest BCUT2D eigenvalue weighted by molar-refractivity contribution is 7.54. The van der Waals surface area contributed by atoms with Gasteiger partial charge in [-0.15, -0.1) is 0 Å². The van der Waals surface area contributed by atoms with Gasteiger partial charge in [-0.1, -0.05) is 0 Å². The van der Waals surface area contributed by atoms with Crippen LogP contribution in [0.15, 0.2) is 0 Å². The Kier molecular flexibility index (Phi) is 6.49. The number of aliphatic hydroxyl groups is 1. The van der Waals surface area contributed by atoms with Crippen LogP contribution in [-0.2, 0) is 13.8 Å². The van der Waals surface area contributed by atoms with Crippen LogP contribution in [0.1, 0.15) is 13.3 Å². The van der Waals surface area contributed by atoms with E-state index in [1.807, 2.05) is 6.92 Å². The van der Waals surface area contributed by atoms with E-state index in [1.54, 1.807) is 4.67 Å². The van der Waals surface area contributed by atoms with Crippen molar-refractivity contribution in [3.63, 3.8) is 0 Å². The number of nitrogens with one attached hydrogen (secondary N) is 1. The first-order chi connectivity index (χ1) is 7.73. The summed E-state index contributed by atoms with van der Waals surface area (Å²) in [6.07, 6.45) is 0.864. The van der Waals surface area contributed by atoms with Gasteiger partial charge < -0.3 is 14.4 Å². The molecule has 16 heavy (non-hydrogen) atoms. The number of hydrogen-bond donors (Lipinski definition) is 2. The van der Waals surface area contributed by atoms with Crippen LogP contribution < -0.4 is 5.09 Å². The highest BCUT2D eigenvalue weighted by atomic mass is 31.2. The third-order valence-corrected chi connectivity index (χ3v) is 4.63. The van der Waals surface area contributed by atoms with Crippen molar-refractivity contribution in [2.45, 2.75) is 13.3 Å². The van der Waals surface area contributed by atoms with Crippen LogP contribution in [0.2, 0.25) is 0 Å². The zero-order valence-electron chi connectivity index (χ0n) is 9.72. The lowest BCUT2D eigenvalue weighted by atomic mass is 10.5. The van der Waals surface area contributed by atoms with Crippen LogP contribution in [0.4, 0.5) is 0 Å². The predicted octanol–water partition coefficient (Wildman–Crippen LogP) is 0.435. The van der Waals surface area contributed by atoms with Crippen molar-refractivity contribution in [3.05, 3.63) is 0 Å². The second-order valence-electron chi connectivity index (χ2n) is 3.49. The van der Waals surface area contributed by atoms with Crippen LogP contribution in [-0.4, -0.2) is 55.8 Å². The summed E-state index contributed by atoms with van der Waals surface area (Å²) in [5.74, 6) is 0. The molecular weight excluding hydrogens is 231 g/mol. The maximum absolute atomic E-state index is 12.3. The molecule has 0 radical (unpaired) electrons. The average Bonchev–Trinajstić information content (AvgIpc) is 2.29. The number of ether oxygens (including phenoxy) is 1.